The second-order valence-electron chi connectivity index (χ2n) is 6.75. The molecule has 30 heavy (non-hydrogen) atoms. The fourth-order valence-corrected chi connectivity index (χ4v) is 3.51. The van der Waals surface area contributed by atoms with Crippen LogP contribution in [-0.2, 0) is 11.2 Å². The normalized spacial score (nSPS) is 10.7. The number of aromatic nitrogens is 1. The minimum Gasteiger partial charge on any atom is -0.493 e. The number of carbonyl (C=O) groups excluding carboxylic acids is 1. The van der Waals surface area contributed by atoms with Gasteiger partial charge in [0.05, 0.1) is 26.4 Å². The van der Waals surface area contributed by atoms with Crippen molar-refractivity contribution < 1.29 is 23.4 Å². The van der Waals surface area contributed by atoms with E-state index in [1.54, 1.807) is 33.3 Å². The van der Waals surface area contributed by atoms with Crippen LogP contribution in [0.4, 0.5) is 4.39 Å². The van der Waals surface area contributed by atoms with E-state index in [4.69, 9.17) is 14.2 Å². The average Bonchev–Trinajstić information content (AvgIpc) is 3.13. The van der Waals surface area contributed by atoms with Crippen LogP contribution in [0.5, 0.6) is 11.5 Å². The Morgan fingerprint density at radius 2 is 1.70 bits per heavy atom. The minimum atomic E-state index is -0.389. The molecule has 3 aromatic rings. The van der Waals surface area contributed by atoms with Crippen LogP contribution in [0.15, 0.2) is 48.7 Å². The van der Waals surface area contributed by atoms with Crippen molar-refractivity contribution >= 4 is 5.97 Å². The lowest BCUT2D eigenvalue weighted by Crippen LogP contribution is -2.10. The van der Waals surface area contributed by atoms with Gasteiger partial charge in [0, 0.05) is 29.2 Å². The molecule has 0 N–H and O–H groups in total. The number of ether oxygens (including phenoxy) is 3. The van der Waals surface area contributed by atoms with Crippen molar-refractivity contribution in [2.75, 3.05) is 20.8 Å². The summed E-state index contributed by atoms with van der Waals surface area (Å²) in [6, 6.07) is 11.7. The molecule has 0 saturated carbocycles. The lowest BCUT2D eigenvalue weighted by molar-refractivity contribution is 0.0526. The van der Waals surface area contributed by atoms with Crippen molar-refractivity contribution in [1.29, 1.82) is 0 Å². The molecule has 5 nitrogen and oxygen atoms in total. The smallest absolute Gasteiger partial charge is 0.340 e. The first-order chi connectivity index (χ1) is 14.5. The molecule has 0 radical (unpaired) electrons. The summed E-state index contributed by atoms with van der Waals surface area (Å²) in [6.07, 6.45) is 3.40. The number of methoxy groups -OCH3 is 2. The zero-order chi connectivity index (χ0) is 21.7. The van der Waals surface area contributed by atoms with Gasteiger partial charge in [0.15, 0.2) is 11.5 Å². The first-order valence-corrected chi connectivity index (χ1v) is 9.93. The molecule has 158 valence electrons. The summed E-state index contributed by atoms with van der Waals surface area (Å²) in [6.45, 7) is 4.10. The lowest BCUT2D eigenvalue weighted by Gasteiger charge is -2.13. The maximum Gasteiger partial charge on any atom is 0.340 e. The van der Waals surface area contributed by atoms with E-state index in [2.05, 4.69) is 6.92 Å². The first-order valence-electron chi connectivity index (χ1n) is 9.93. The predicted octanol–water partition coefficient (Wildman–Crippen LogP) is 5.43. The molecule has 0 bridgehead atoms. The Labute approximate surface area is 176 Å². The van der Waals surface area contributed by atoms with Gasteiger partial charge in [-0.3, -0.25) is 0 Å². The van der Waals surface area contributed by atoms with Crippen molar-refractivity contribution in [3.05, 3.63) is 65.7 Å². The number of nitrogens with zero attached hydrogens (tertiary/aromatic N) is 1. The second kappa shape index (κ2) is 9.48. The molecule has 0 atom stereocenters. The van der Waals surface area contributed by atoms with Crippen LogP contribution in [0.1, 0.15) is 36.3 Å². The fourth-order valence-electron chi connectivity index (χ4n) is 3.51. The molecule has 0 unspecified atom stereocenters. The zero-order valence-electron chi connectivity index (χ0n) is 17.7. The Morgan fingerprint density at radius 1 is 1.00 bits per heavy atom. The van der Waals surface area contributed by atoms with Crippen molar-refractivity contribution in [1.82, 2.24) is 4.57 Å². The average molecular weight is 411 g/mol. The number of halogens is 1. The minimum absolute atomic E-state index is 0.273. The zero-order valence-corrected chi connectivity index (χ0v) is 17.7. The standard InChI is InChI=1S/C24H26FNO4/c1-5-7-20-23(24(27)30-6-2)19(16-8-10-17(25)11-9-16)15-26(20)18-12-13-21(28-3)22(14-18)29-4/h8-15H,5-7H2,1-4H3. The van der Waals surface area contributed by atoms with E-state index in [9.17, 15) is 9.18 Å². The van der Waals surface area contributed by atoms with Gasteiger partial charge in [-0.1, -0.05) is 25.5 Å². The SMILES string of the molecule is CCCc1c(C(=O)OCC)c(-c2ccc(F)cc2)cn1-c1ccc(OC)c(OC)c1. The molecule has 2 aromatic carbocycles. The summed E-state index contributed by atoms with van der Waals surface area (Å²) in [7, 11) is 3.17. The molecule has 0 aliphatic heterocycles. The van der Waals surface area contributed by atoms with Crippen molar-refractivity contribution in [2.45, 2.75) is 26.7 Å². The number of hydrogen-bond donors (Lipinski definition) is 0. The first kappa shape index (κ1) is 21.4. The molecule has 1 heterocycles. The molecular formula is C24H26FNO4. The van der Waals surface area contributed by atoms with E-state index in [1.165, 1.54) is 12.1 Å². The van der Waals surface area contributed by atoms with Crippen LogP contribution in [-0.4, -0.2) is 31.4 Å². The van der Waals surface area contributed by atoms with Crippen LogP contribution >= 0.6 is 0 Å². The topological polar surface area (TPSA) is 49.7 Å². The van der Waals surface area contributed by atoms with Gasteiger partial charge < -0.3 is 18.8 Å². The Kier molecular flexibility index (Phi) is 6.77. The Hall–Kier alpha value is -3.28. The highest BCUT2D eigenvalue weighted by atomic mass is 19.1. The molecule has 0 aliphatic rings. The van der Waals surface area contributed by atoms with Gasteiger partial charge in [-0.25, -0.2) is 9.18 Å². The molecule has 6 heteroatoms. The van der Waals surface area contributed by atoms with Crippen molar-refractivity contribution in [3.63, 3.8) is 0 Å². The molecule has 0 aliphatic carbocycles. The lowest BCUT2D eigenvalue weighted by atomic mass is 10.0. The van der Waals surface area contributed by atoms with E-state index < -0.39 is 0 Å². The summed E-state index contributed by atoms with van der Waals surface area (Å²) in [4.78, 5) is 12.9. The summed E-state index contributed by atoms with van der Waals surface area (Å²) >= 11 is 0. The Morgan fingerprint density at radius 3 is 2.30 bits per heavy atom. The largest absolute Gasteiger partial charge is 0.493 e. The third-order valence-corrected chi connectivity index (χ3v) is 4.87. The highest BCUT2D eigenvalue weighted by Gasteiger charge is 2.24. The summed E-state index contributed by atoms with van der Waals surface area (Å²) in [5.41, 5.74) is 3.61. The fraction of sp³-hybridized carbons (Fsp3) is 0.292. The molecule has 3 rings (SSSR count). The van der Waals surface area contributed by atoms with Gasteiger partial charge in [0.1, 0.15) is 5.82 Å². The highest BCUT2D eigenvalue weighted by molar-refractivity contribution is 5.99. The molecule has 0 saturated heterocycles. The van der Waals surface area contributed by atoms with E-state index in [0.717, 1.165) is 23.4 Å². The number of hydrogen-bond acceptors (Lipinski definition) is 4. The van der Waals surface area contributed by atoms with E-state index in [0.29, 0.717) is 29.0 Å². The maximum absolute atomic E-state index is 13.5. The van der Waals surface area contributed by atoms with Gasteiger partial charge in [0.25, 0.3) is 0 Å². The van der Waals surface area contributed by atoms with E-state index >= 15 is 0 Å². The molecule has 0 spiro atoms. The monoisotopic (exact) mass is 411 g/mol. The second-order valence-corrected chi connectivity index (χ2v) is 6.75. The third-order valence-electron chi connectivity index (χ3n) is 4.87. The summed E-state index contributed by atoms with van der Waals surface area (Å²) < 4.78 is 31.6. The summed E-state index contributed by atoms with van der Waals surface area (Å²) in [5.74, 6) is 0.492. The van der Waals surface area contributed by atoms with Gasteiger partial charge in [0.2, 0.25) is 0 Å². The Balaban J connectivity index is 2.26. The van der Waals surface area contributed by atoms with Crippen molar-refractivity contribution in [3.8, 4) is 28.3 Å². The van der Waals surface area contributed by atoms with Crippen LogP contribution in [0.3, 0.4) is 0 Å². The van der Waals surface area contributed by atoms with Crippen LogP contribution in [0, 0.1) is 5.82 Å². The molecule has 1 aromatic heterocycles. The van der Waals surface area contributed by atoms with Crippen LogP contribution in [0.2, 0.25) is 0 Å². The van der Waals surface area contributed by atoms with Gasteiger partial charge in [-0.2, -0.15) is 0 Å². The number of benzene rings is 2. The van der Waals surface area contributed by atoms with Gasteiger partial charge >= 0.3 is 5.97 Å². The van der Waals surface area contributed by atoms with E-state index in [1.807, 2.05) is 29.0 Å². The van der Waals surface area contributed by atoms with Gasteiger partial charge in [-0.15, -0.1) is 0 Å². The van der Waals surface area contributed by atoms with Crippen LogP contribution in [0.25, 0.3) is 16.8 Å². The molecule has 0 amide bonds. The molecular weight excluding hydrogens is 385 g/mol. The van der Waals surface area contributed by atoms with E-state index in [-0.39, 0.29) is 18.4 Å². The number of esters is 1. The van der Waals surface area contributed by atoms with Crippen molar-refractivity contribution in [2.24, 2.45) is 0 Å². The number of carbonyl (C=O) groups is 1. The molecule has 0 fully saturated rings. The predicted molar refractivity (Wildman–Crippen MR) is 114 cm³/mol. The number of rotatable bonds is 8. The Bertz CT molecular complexity index is 1020. The maximum atomic E-state index is 13.5. The third kappa shape index (κ3) is 4.17. The highest BCUT2D eigenvalue weighted by Crippen LogP contribution is 2.35. The summed E-state index contributed by atoms with van der Waals surface area (Å²) in [5, 5.41) is 0. The van der Waals surface area contributed by atoms with Gasteiger partial charge in [-0.05, 0) is 43.2 Å². The quantitative estimate of drug-likeness (QED) is 0.464. The van der Waals surface area contributed by atoms with Crippen LogP contribution < -0.4 is 9.47 Å².